The summed E-state index contributed by atoms with van der Waals surface area (Å²) in [6.45, 7) is 4.55. The number of hydrogen-bond acceptors (Lipinski definition) is 3. The van der Waals surface area contributed by atoms with Gasteiger partial charge in [-0.1, -0.05) is 13.3 Å². The minimum atomic E-state index is -0.173. The summed E-state index contributed by atoms with van der Waals surface area (Å²) in [5.74, 6) is 0. The first-order valence-electron chi connectivity index (χ1n) is 5.32. The zero-order valence-electron chi connectivity index (χ0n) is 8.46. The molecule has 1 unspecified atom stereocenters. The normalized spacial score (nSPS) is 21.7. The molecule has 0 aliphatic carbocycles. The second-order valence-corrected chi connectivity index (χ2v) is 3.74. The largest absolute Gasteiger partial charge is 0.392 e. The van der Waals surface area contributed by atoms with E-state index in [1.54, 1.807) is 0 Å². The van der Waals surface area contributed by atoms with Crippen LogP contribution < -0.4 is 5.32 Å². The molecule has 1 fully saturated rings. The van der Waals surface area contributed by atoms with Gasteiger partial charge in [0.1, 0.15) is 0 Å². The van der Waals surface area contributed by atoms with Crippen molar-refractivity contribution in [3.05, 3.63) is 0 Å². The molecule has 1 rings (SSSR count). The van der Waals surface area contributed by atoms with Gasteiger partial charge in [-0.25, -0.2) is 0 Å². The fraction of sp³-hybridized carbons (Fsp3) is 1.00. The molecule has 1 heterocycles. The molecule has 1 aliphatic rings. The van der Waals surface area contributed by atoms with E-state index in [1.807, 2.05) is 0 Å². The van der Waals surface area contributed by atoms with Gasteiger partial charge < -0.3 is 15.2 Å². The second-order valence-electron chi connectivity index (χ2n) is 3.74. The average Bonchev–Trinajstić information content (AvgIpc) is 2.17. The molecule has 0 aromatic carbocycles. The highest BCUT2D eigenvalue weighted by atomic mass is 16.5. The molecular weight excluding hydrogens is 166 g/mol. The van der Waals surface area contributed by atoms with Crippen molar-refractivity contribution in [2.45, 2.75) is 44.8 Å². The van der Waals surface area contributed by atoms with Crippen molar-refractivity contribution >= 4 is 0 Å². The van der Waals surface area contributed by atoms with E-state index in [-0.39, 0.29) is 6.10 Å². The molecule has 2 N–H and O–H groups in total. The number of nitrogens with one attached hydrogen (secondary N) is 1. The lowest BCUT2D eigenvalue weighted by Crippen LogP contribution is -2.39. The molecule has 13 heavy (non-hydrogen) atoms. The number of rotatable bonds is 5. The van der Waals surface area contributed by atoms with Crippen molar-refractivity contribution < 1.29 is 9.84 Å². The Kier molecular flexibility index (Phi) is 5.35. The third-order valence-corrected chi connectivity index (χ3v) is 2.49. The Morgan fingerprint density at radius 2 is 2.15 bits per heavy atom. The molecule has 0 radical (unpaired) electrons. The van der Waals surface area contributed by atoms with Gasteiger partial charge in [-0.05, 0) is 19.3 Å². The molecule has 3 nitrogen and oxygen atoms in total. The zero-order chi connectivity index (χ0) is 9.52. The van der Waals surface area contributed by atoms with Crippen molar-refractivity contribution in [2.75, 3.05) is 19.8 Å². The van der Waals surface area contributed by atoms with E-state index in [4.69, 9.17) is 4.74 Å². The van der Waals surface area contributed by atoms with E-state index in [1.165, 1.54) is 0 Å². The molecule has 0 bridgehead atoms. The Morgan fingerprint density at radius 3 is 2.77 bits per heavy atom. The Bertz CT molecular complexity index is 124. The van der Waals surface area contributed by atoms with Crippen molar-refractivity contribution in [2.24, 2.45) is 0 Å². The van der Waals surface area contributed by atoms with Crippen LogP contribution in [0.5, 0.6) is 0 Å². The van der Waals surface area contributed by atoms with Crippen LogP contribution in [0.25, 0.3) is 0 Å². The minimum Gasteiger partial charge on any atom is -0.392 e. The van der Waals surface area contributed by atoms with Crippen LogP contribution in [0.1, 0.15) is 32.6 Å². The lowest BCUT2D eigenvalue weighted by molar-refractivity contribution is 0.0717. The predicted molar refractivity (Wildman–Crippen MR) is 52.8 cm³/mol. The molecule has 0 saturated carbocycles. The van der Waals surface area contributed by atoms with Gasteiger partial charge >= 0.3 is 0 Å². The lowest BCUT2D eigenvalue weighted by Gasteiger charge is -2.24. The summed E-state index contributed by atoms with van der Waals surface area (Å²) in [6, 6.07) is 0.556. The number of aliphatic hydroxyl groups excluding tert-OH is 1. The molecule has 78 valence electrons. The standard InChI is InChI=1S/C10H21NO2/c1-2-3-10(12)8-11-9-4-6-13-7-5-9/h9-12H,2-8H2,1H3. The Labute approximate surface area is 80.5 Å². The van der Waals surface area contributed by atoms with Gasteiger partial charge in [0.25, 0.3) is 0 Å². The fourth-order valence-electron chi connectivity index (χ4n) is 1.64. The molecule has 0 spiro atoms. The first kappa shape index (κ1) is 11.0. The molecule has 0 amide bonds. The van der Waals surface area contributed by atoms with E-state index in [0.29, 0.717) is 6.04 Å². The summed E-state index contributed by atoms with van der Waals surface area (Å²) in [6.07, 6.45) is 3.94. The third kappa shape index (κ3) is 4.60. The maximum atomic E-state index is 9.49. The topological polar surface area (TPSA) is 41.5 Å². The number of hydrogen-bond donors (Lipinski definition) is 2. The average molecular weight is 187 g/mol. The summed E-state index contributed by atoms with van der Waals surface area (Å²) in [5.41, 5.74) is 0. The van der Waals surface area contributed by atoms with Gasteiger partial charge in [0.05, 0.1) is 6.10 Å². The number of ether oxygens (including phenoxy) is 1. The highest BCUT2D eigenvalue weighted by Gasteiger charge is 2.13. The van der Waals surface area contributed by atoms with Gasteiger partial charge in [0.15, 0.2) is 0 Å². The van der Waals surface area contributed by atoms with Crippen LogP contribution >= 0.6 is 0 Å². The van der Waals surface area contributed by atoms with Crippen molar-refractivity contribution in [1.82, 2.24) is 5.32 Å². The van der Waals surface area contributed by atoms with Crippen molar-refractivity contribution in [1.29, 1.82) is 0 Å². The summed E-state index contributed by atoms with van der Waals surface area (Å²) < 4.78 is 5.25. The first-order valence-corrected chi connectivity index (χ1v) is 5.32. The van der Waals surface area contributed by atoms with Crippen molar-refractivity contribution in [3.8, 4) is 0 Å². The van der Waals surface area contributed by atoms with Crippen LogP contribution in [0.3, 0.4) is 0 Å². The zero-order valence-corrected chi connectivity index (χ0v) is 8.46. The van der Waals surface area contributed by atoms with Crippen LogP contribution in [0.4, 0.5) is 0 Å². The molecule has 0 aromatic rings. The quantitative estimate of drug-likeness (QED) is 0.672. The van der Waals surface area contributed by atoms with E-state index in [0.717, 1.165) is 45.4 Å². The molecule has 0 aromatic heterocycles. The molecule has 1 aliphatic heterocycles. The van der Waals surface area contributed by atoms with Crippen LogP contribution in [-0.2, 0) is 4.74 Å². The SMILES string of the molecule is CCCC(O)CNC1CCOCC1. The van der Waals surface area contributed by atoms with E-state index >= 15 is 0 Å². The third-order valence-electron chi connectivity index (χ3n) is 2.49. The van der Waals surface area contributed by atoms with Crippen molar-refractivity contribution in [3.63, 3.8) is 0 Å². The summed E-state index contributed by atoms with van der Waals surface area (Å²) in [7, 11) is 0. The van der Waals surface area contributed by atoms with Gasteiger partial charge in [-0.3, -0.25) is 0 Å². The van der Waals surface area contributed by atoms with E-state index < -0.39 is 0 Å². The summed E-state index contributed by atoms with van der Waals surface area (Å²) >= 11 is 0. The van der Waals surface area contributed by atoms with Gasteiger partial charge in [-0.15, -0.1) is 0 Å². The van der Waals surface area contributed by atoms with Gasteiger partial charge in [0, 0.05) is 25.8 Å². The van der Waals surface area contributed by atoms with Gasteiger partial charge in [0.2, 0.25) is 0 Å². The predicted octanol–water partition coefficient (Wildman–Crippen LogP) is 0.916. The maximum absolute atomic E-state index is 9.49. The summed E-state index contributed by atoms with van der Waals surface area (Å²) in [5, 5.41) is 12.9. The van der Waals surface area contributed by atoms with Crippen LogP contribution in [0.15, 0.2) is 0 Å². The molecule has 1 saturated heterocycles. The Morgan fingerprint density at radius 1 is 1.46 bits per heavy atom. The monoisotopic (exact) mass is 187 g/mol. The second kappa shape index (κ2) is 6.35. The van der Waals surface area contributed by atoms with Crippen LogP contribution in [-0.4, -0.2) is 37.0 Å². The first-order chi connectivity index (χ1) is 6.33. The molecule has 1 atom stereocenters. The maximum Gasteiger partial charge on any atom is 0.0664 e. The highest BCUT2D eigenvalue weighted by molar-refractivity contribution is 4.71. The lowest BCUT2D eigenvalue weighted by atomic mass is 10.1. The number of aliphatic hydroxyl groups is 1. The molecule has 3 heteroatoms. The van der Waals surface area contributed by atoms with E-state index in [2.05, 4.69) is 12.2 Å². The smallest absolute Gasteiger partial charge is 0.0664 e. The Balaban J connectivity index is 2.03. The molecular formula is C10H21NO2. The summed E-state index contributed by atoms with van der Waals surface area (Å²) in [4.78, 5) is 0. The van der Waals surface area contributed by atoms with Gasteiger partial charge in [-0.2, -0.15) is 0 Å². The van der Waals surface area contributed by atoms with Crippen LogP contribution in [0, 0.1) is 0 Å². The highest BCUT2D eigenvalue weighted by Crippen LogP contribution is 2.06. The Hall–Kier alpha value is -0.120. The minimum absolute atomic E-state index is 0.173. The fourth-order valence-corrected chi connectivity index (χ4v) is 1.64. The van der Waals surface area contributed by atoms with E-state index in [9.17, 15) is 5.11 Å². The van der Waals surface area contributed by atoms with Crippen LogP contribution in [0.2, 0.25) is 0 Å².